The molecule has 0 unspecified atom stereocenters. The van der Waals surface area contributed by atoms with E-state index in [2.05, 4.69) is 12.2 Å². The number of benzene rings is 3. The van der Waals surface area contributed by atoms with Crippen LogP contribution in [0.2, 0.25) is 5.02 Å². The van der Waals surface area contributed by atoms with Crippen LogP contribution in [0.3, 0.4) is 0 Å². The second-order valence-corrected chi connectivity index (χ2v) is 11.8. The van der Waals surface area contributed by atoms with Crippen molar-refractivity contribution in [2.24, 2.45) is 0 Å². The molecule has 0 spiro atoms. The number of hydrogen-bond donors (Lipinski definition) is 1. The molecule has 0 saturated heterocycles. The molecule has 9 heteroatoms. The number of amides is 2. The van der Waals surface area contributed by atoms with Gasteiger partial charge in [-0.2, -0.15) is 0 Å². The molecule has 202 valence electrons. The Morgan fingerprint density at radius 2 is 1.71 bits per heavy atom. The second kappa shape index (κ2) is 12.2. The maximum atomic E-state index is 13.5. The SMILES string of the molecule is CCCCNC(=O)[C@@H](CC)N(Cc1ccc(Cl)cc1)C(=O)CCCN1c2cccc3cccc(c23)S1(=O)=O. The number of carbonyl (C=O) groups is 2. The summed E-state index contributed by atoms with van der Waals surface area (Å²) in [6.07, 6.45) is 2.74. The zero-order chi connectivity index (χ0) is 27.3. The molecule has 0 bridgehead atoms. The molecular formula is C29H34ClN3O4S. The van der Waals surface area contributed by atoms with Crippen molar-refractivity contribution in [3.05, 3.63) is 71.2 Å². The summed E-state index contributed by atoms with van der Waals surface area (Å²) in [4.78, 5) is 28.5. The average molecular weight is 556 g/mol. The molecule has 0 aromatic heterocycles. The first kappa shape index (κ1) is 27.9. The number of hydrogen-bond acceptors (Lipinski definition) is 4. The monoisotopic (exact) mass is 555 g/mol. The topological polar surface area (TPSA) is 86.8 Å². The molecule has 38 heavy (non-hydrogen) atoms. The molecule has 0 saturated carbocycles. The number of anilines is 1. The van der Waals surface area contributed by atoms with Gasteiger partial charge in [0, 0.05) is 36.5 Å². The lowest BCUT2D eigenvalue weighted by molar-refractivity contribution is -0.141. The molecular weight excluding hydrogens is 522 g/mol. The van der Waals surface area contributed by atoms with Crippen molar-refractivity contribution in [1.29, 1.82) is 0 Å². The highest BCUT2D eigenvalue weighted by molar-refractivity contribution is 7.93. The molecule has 1 aliphatic heterocycles. The van der Waals surface area contributed by atoms with Crippen molar-refractivity contribution in [3.63, 3.8) is 0 Å². The summed E-state index contributed by atoms with van der Waals surface area (Å²) >= 11 is 6.04. The van der Waals surface area contributed by atoms with Crippen LogP contribution in [0.4, 0.5) is 5.69 Å². The number of rotatable bonds is 12. The fourth-order valence-corrected chi connectivity index (χ4v) is 6.80. The van der Waals surface area contributed by atoms with Crippen LogP contribution in [-0.2, 0) is 26.2 Å². The molecule has 2 amide bonds. The molecule has 4 rings (SSSR count). The van der Waals surface area contributed by atoms with Gasteiger partial charge in [-0.15, -0.1) is 0 Å². The van der Waals surface area contributed by atoms with Gasteiger partial charge in [-0.3, -0.25) is 13.9 Å². The molecule has 1 atom stereocenters. The van der Waals surface area contributed by atoms with Crippen LogP contribution in [0.15, 0.2) is 65.6 Å². The minimum absolute atomic E-state index is 0.116. The maximum absolute atomic E-state index is 13.5. The van der Waals surface area contributed by atoms with E-state index in [-0.39, 0.29) is 31.3 Å². The summed E-state index contributed by atoms with van der Waals surface area (Å²) in [6, 6.07) is 17.4. The van der Waals surface area contributed by atoms with Gasteiger partial charge in [0.1, 0.15) is 6.04 Å². The predicted molar refractivity (Wildman–Crippen MR) is 152 cm³/mol. The van der Waals surface area contributed by atoms with Crippen molar-refractivity contribution >= 4 is 49.9 Å². The highest BCUT2D eigenvalue weighted by Crippen LogP contribution is 2.42. The van der Waals surface area contributed by atoms with Gasteiger partial charge >= 0.3 is 0 Å². The Kier molecular flexibility index (Phi) is 8.95. The summed E-state index contributed by atoms with van der Waals surface area (Å²) in [6.45, 7) is 4.95. The fraction of sp³-hybridized carbons (Fsp3) is 0.379. The summed E-state index contributed by atoms with van der Waals surface area (Å²) in [5.74, 6) is -0.364. The third-order valence-corrected chi connectivity index (χ3v) is 9.02. The predicted octanol–water partition coefficient (Wildman–Crippen LogP) is 5.51. The Hall–Kier alpha value is -3.10. The lowest BCUT2D eigenvalue weighted by Gasteiger charge is -2.31. The van der Waals surface area contributed by atoms with Crippen molar-refractivity contribution < 1.29 is 18.0 Å². The lowest BCUT2D eigenvalue weighted by Crippen LogP contribution is -2.49. The van der Waals surface area contributed by atoms with Gasteiger partial charge in [-0.1, -0.05) is 68.3 Å². The molecule has 1 N–H and O–H groups in total. The van der Waals surface area contributed by atoms with E-state index in [1.165, 1.54) is 4.31 Å². The zero-order valence-corrected chi connectivity index (χ0v) is 23.4. The van der Waals surface area contributed by atoms with Crippen molar-refractivity contribution in [1.82, 2.24) is 10.2 Å². The highest BCUT2D eigenvalue weighted by Gasteiger charge is 2.35. The molecule has 1 aliphatic rings. The summed E-state index contributed by atoms with van der Waals surface area (Å²) in [5, 5.41) is 5.15. The summed E-state index contributed by atoms with van der Waals surface area (Å²) in [5.41, 5.74) is 1.51. The average Bonchev–Trinajstić information content (AvgIpc) is 3.13. The van der Waals surface area contributed by atoms with Crippen LogP contribution in [0.5, 0.6) is 0 Å². The molecule has 0 fully saturated rings. The van der Waals surface area contributed by atoms with Gasteiger partial charge in [0.15, 0.2) is 0 Å². The second-order valence-electron chi connectivity index (χ2n) is 9.53. The first-order chi connectivity index (χ1) is 18.3. The van der Waals surface area contributed by atoms with Crippen LogP contribution >= 0.6 is 11.6 Å². The number of nitrogens with zero attached hydrogens (tertiary/aromatic N) is 2. The van der Waals surface area contributed by atoms with Crippen LogP contribution < -0.4 is 9.62 Å². The highest BCUT2D eigenvalue weighted by atomic mass is 35.5. The van der Waals surface area contributed by atoms with Crippen LogP contribution in [0, 0.1) is 0 Å². The van der Waals surface area contributed by atoms with Gasteiger partial charge in [-0.25, -0.2) is 8.42 Å². The van der Waals surface area contributed by atoms with Crippen LogP contribution in [0.1, 0.15) is 51.5 Å². The molecule has 0 aliphatic carbocycles. The summed E-state index contributed by atoms with van der Waals surface area (Å²) in [7, 11) is -3.68. The van der Waals surface area contributed by atoms with Gasteiger partial charge in [0.05, 0.1) is 10.6 Å². The first-order valence-electron chi connectivity index (χ1n) is 13.1. The van der Waals surface area contributed by atoms with E-state index in [0.29, 0.717) is 35.0 Å². The van der Waals surface area contributed by atoms with E-state index in [4.69, 9.17) is 11.6 Å². The van der Waals surface area contributed by atoms with E-state index in [1.54, 1.807) is 35.2 Å². The lowest BCUT2D eigenvalue weighted by atomic mass is 10.1. The summed E-state index contributed by atoms with van der Waals surface area (Å²) < 4.78 is 28.0. The van der Waals surface area contributed by atoms with E-state index < -0.39 is 16.1 Å². The van der Waals surface area contributed by atoms with Crippen molar-refractivity contribution in [2.45, 2.75) is 63.4 Å². The Morgan fingerprint density at radius 1 is 1.00 bits per heavy atom. The standard InChI is InChI=1S/C29H34ClN3O4S/c1-3-5-18-31-29(35)24(4-2)32(20-21-14-16-23(30)17-15-21)27(34)13-8-19-33-25-11-6-9-22-10-7-12-26(28(22)25)38(33,36)37/h6-7,9-12,14-17,24H,3-5,8,13,18-20H2,1-2H3,(H,31,35)/t24-/m1/s1. The van der Waals surface area contributed by atoms with Gasteiger partial charge in [0.2, 0.25) is 11.8 Å². The fourth-order valence-electron chi connectivity index (χ4n) is 4.93. The molecule has 7 nitrogen and oxygen atoms in total. The normalized spacial score (nSPS) is 14.4. The van der Waals surface area contributed by atoms with Crippen LogP contribution in [0.25, 0.3) is 10.8 Å². The largest absolute Gasteiger partial charge is 0.354 e. The zero-order valence-electron chi connectivity index (χ0n) is 21.8. The van der Waals surface area contributed by atoms with E-state index >= 15 is 0 Å². The molecule has 1 heterocycles. The smallest absolute Gasteiger partial charge is 0.265 e. The van der Waals surface area contributed by atoms with Gasteiger partial charge in [-0.05, 0) is 54.5 Å². The van der Waals surface area contributed by atoms with E-state index in [9.17, 15) is 18.0 Å². The Labute approximate surface area is 229 Å². The number of carbonyl (C=O) groups excluding carboxylic acids is 2. The van der Waals surface area contributed by atoms with Gasteiger partial charge in [0.25, 0.3) is 10.0 Å². The van der Waals surface area contributed by atoms with E-state index in [0.717, 1.165) is 29.2 Å². The minimum atomic E-state index is -3.68. The Bertz CT molecular complexity index is 1400. The Morgan fingerprint density at radius 3 is 2.39 bits per heavy atom. The maximum Gasteiger partial charge on any atom is 0.265 e. The first-order valence-corrected chi connectivity index (χ1v) is 15.0. The quantitative estimate of drug-likeness (QED) is 0.299. The van der Waals surface area contributed by atoms with Crippen LogP contribution in [-0.4, -0.2) is 44.3 Å². The minimum Gasteiger partial charge on any atom is -0.354 e. The molecule has 3 aromatic carbocycles. The number of sulfonamides is 1. The van der Waals surface area contributed by atoms with Crippen molar-refractivity contribution in [2.75, 3.05) is 17.4 Å². The van der Waals surface area contributed by atoms with Crippen molar-refractivity contribution in [3.8, 4) is 0 Å². The molecule has 0 radical (unpaired) electrons. The van der Waals surface area contributed by atoms with Gasteiger partial charge < -0.3 is 10.2 Å². The third-order valence-electron chi connectivity index (χ3n) is 6.91. The number of nitrogens with one attached hydrogen (secondary N) is 1. The third kappa shape index (κ3) is 5.81. The molecule has 3 aromatic rings. The Balaban J connectivity index is 1.50. The number of unbranched alkanes of at least 4 members (excludes halogenated alkanes) is 1. The van der Waals surface area contributed by atoms with E-state index in [1.807, 2.05) is 37.3 Å². The number of halogens is 1.